The molecule has 0 aliphatic carbocycles. The predicted octanol–water partition coefficient (Wildman–Crippen LogP) is 3.70. The summed E-state index contributed by atoms with van der Waals surface area (Å²) in [7, 11) is -3.26. The van der Waals surface area contributed by atoms with Crippen molar-refractivity contribution in [2.75, 3.05) is 50.5 Å². The number of aliphatic hydroxyl groups excluding tert-OH is 1. The van der Waals surface area contributed by atoms with E-state index in [4.69, 9.17) is 39.9 Å². The maximum absolute atomic E-state index is 11.7. The van der Waals surface area contributed by atoms with E-state index in [9.17, 15) is 8.42 Å². The number of halogens is 3. The normalized spacial score (nSPS) is 16.2. The summed E-state index contributed by atoms with van der Waals surface area (Å²) in [6, 6.07) is 12.4. The molecular formula is C20H23Cl3N2O3S. The van der Waals surface area contributed by atoms with Crippen molar-refractivity contribution >= 4 is 50.3 Å². The number of sulfone groups is 1. The minimum atomic E-state index is -3.26. The Morgan fingerprint density at radius 2 is 1.59 bits per heavy atom. The summed E-state index contributed by atoms with van der Waals surface area (Å²) >= 11 is 18.5. The Morgan fingerprint density at radius 1 is 0.966 bits per heavy atom. The maximum atomic E-state index is 11.7. The summed E-state index contributed by atoms with van der Waals surface area (Å²) in [4.78, 5) is 4.70. The van der Waals surface area contributed by atoms with Crippen molar-refractivity contribution in [3.8, 4) is 11.1 Å². The van der Waals surface area contributed by atoms with Gasteiger partial charge in [-0.25, -0.2) is 8.42 Å². The van der Waals surface area contributed by atoms with Gasteiger partial charge in [0.1, 0.15) is 0 Å². The molecule has 158 valence electrons. The molecule has 3 rings (SSSR count). The highest BCUT2D eigenvalue weighted by atomic mass is 35.6. The maximum Gasteiger partial charge on any atom is 0.216 e. The molecule has 2 aromatic rings. The van der Waals surface area contributed by atoms with Crippen LogP contribution in [0.15, 0.2) is 47.4 Å². The first-order chi connectivity index (χ1) is 13.6. The van der Waals surface area contributed by atoms with Crippen LogP contribution >= 0.6 is 34.8 Å². The number of alkyl halides is 3. The van der Waals surface area contributed by atoms with Crippen molar-refractivity contribution < 1.29 is 13.5 Å². The lowest BCUT2D eigenvalue weighted by atomic mass is 10.0. The average molecular weight is 478 g/mol. The largest absolute Gasteiger partial charge is 0.395 e. The van der Waals surface area contributed by atoms with Gasteiger partial charge in [-0.3, -0.25) is 4.90 Å². The number of β-amino-alcohol motifs (C(OH)–C–C–N with tert-alkyl or cyclic N) is 1. The second-order valence-corrected chi connectivity index (χ2v) is 11.4. The van der Waals surface area contributed by atoms with E-state index in [0.717, 1.165) is 43.0 Å². The standard InChI is InChI=1S/C20H23Cl3N2O3S/c1-29(27,28)19-4-2-15(3-5-19)16-12-17(20(21,22)23)14-18(13-16)25-8-6-24(7-9-25)10-11-26/h2-5,12-14,26H,6-11H2,1H3. The second kappa shape index (κ2) is 9.00. The zero-order valence-electron chi connectivity index (χ0n) is 16.0. The van der Waals surface area contributed by atoms with E-state index in [0.29, 0.717) is 12.1 Å². The van der Waals surface area contributed by atoms with Gasteiger partial charge in [0.05, 0.1) is 11.5 Å². The topological polar surface area (TPSA) is 60.9 Å². The van der Waals surface area contributed by atoms with Gasteiger partial charge in [0.15, 0.2) is 9.84 Å². The molecule has 0 spiro atoms. The van der Waals surface area contributed by atoms with E-state index in [1.807, 2.05) is 18.2 Å². The van der Waals surface area contributed by atoms with Crippen LogP contribution in [0.3, 0.4) is 0 Å². The Labute approximate surface area is 186 Å². The summed E-state index contributed by atoms with van der Waals surface area (Å²) in [5.41, 5.74) is 3.19. The summed E-state index contributed by atoms with van der Waals surface area (Å²) in [5, 5.41) is 9.12. The highest BCUT2D eigenvalue weighted by Gasteiger charge is 2.26. The van der Waals surface area contributed by atoms with Gasteiger partial charge >= 0.3 is 0 Å². The lowest BCUT2D eigenvalue weighted by molar-refractivity contribution is 0.189. The van der Waals surface area contributed by atoms with Crippen LogP contribution in [0.25, 0.3) is 11.1 Å². The first-order valence-corrected chi connectivity index (χ1v) is 12.2. The molecular weight excluding hydrogens is 455 g/mol. The number of aliphatic hydroxyl groups is 1. The molecule has 0 atom stereocenters. The van der Waals surface area contributed by atoms with E-state index < -0.39 is 13.6 Å². The molecule has 0 bridgehead atoms. The molecule has 0 amide bonds. The molecule has 29 heavy (non-hydrogen) atoms. The average Bonchev–Trinajstić information content (AvgIpc) is 2.67. The Kier molecular flexibility index (Phi) is 7.03. The molecule has 0 saturated carbocycles. The summed E-state index contributed by atoms with van der Waals surface area (Å²) in [6.07, 6.45) is 1.18. The van der Waals surface area contributed by atoms with Gasteiger partial charge in [0, 0.05) is 50.2 Å². The molecule has 1 aliphatic rings. The number of nitrogens with zero attached hydrogens (tertiary/aromatic N) is 2. The summed E-state index contributed by atoms with van der Waals surface area (Å²) in [6.45, 7) is 4.11. The van der Waals surface area contributed by atoms with Crippen molar-refractivity contribution in [1.82, 2.24) is 4.90 Å². The van der Waals surface area contributed by atoms with E-state index >= 15 is 0 Å². The van der Waals surface area contributed by atoms with Gasteiger partial charge < -0.3 is 10.0 Å². The van der Waals surface area contributed by atoms with Gasteiger partial charge in [0.2, 0.25) is 3.79 Å². The van der Waals surface area contributed by atoms with Crippen molar-refractivity contribution in [2.24, 2.45) is 0 Å². The van der Waals surface area contributed by atoms with Crippen molar-refractivity contribution in [1.29, 1.82) is 0 Å². The fraction of sp³-hybridized carbons (Fsp3) is 0.400. The number of benzene rings is 2. The van der Waals surface area contributed by atoms with Crippen molar-refractivity contribution in [3.05, 3.63) is 48.0 Å². The van der Waals surface area contributed by atoms with Gasteiger partial charge in [-0.2, -0.15) is 0 Å². The van der Waals surface area contributed by atoms with E-state index in [1.165, 1.54) is 6.26 Å². The fourth-order valence-electron chi connectivity index (χ4n) is 3.39. The molecule has 9 heteroatoms. The smallest absolute Gasteiger partial charge is 0.216 e. The van der Waals surface area contributed by atoms with E-state index in [1.54, 1.807) is 24.3 Å². The third-order valence-corrected chi connectivity index (χ3v) is 6.80. The van der Waals surface area contributed by atoms with Crippen LogP contribution in [0.1, 0.15) is 5.56 Å². The van der Waals surface area contributed by atoms with Crippen LogP contribution in [-0.4, -0.2) is 64.0 Å². The molecule has 2 aromatic carbocycles. The molecule has 1 N–H and O–H groups in total. The Morgan fingerprint density at radius 3 is 2.10 bits per heavy atom. The minimum Gasteiger partial charge on any atom is -0.395 e. The molecule has 0 aromatic heterocycles. The number of hydrogen-bond donors (Lipinski definition) is 1. The van der Waals surface area contributed by atoms with Crippen LogP contribution < -0.4 is 4.90 Å². The lowest BCUT2D eigenvalue weighted by Crippen LogP contribution is -2.47. The Hall–Kier alpha value is -1.02. The van der Waals surface area contributed by atoms with Gasteiger partial charge in [-0.15, -0.1) is 0 Å². The quantitative estimate of drug-likeness (QED) is 0.666. The van der Waals surface area contributed by atoms with Crippen molar-refractivity contribution in [2.45, 2.75) is 8.69 Å². The second-order valence-electron chi connectivity index (χ2n) is 7.12. The minimum absolute atomic E-state index is 0.149. The van der Waals surface area contributed by atoms with Crippen LogP contribution in [0.2, 0.25) is 0 Å². The summed E-state index contributed by atoms with van der Waals surface area (Å²) < 4.78 is 21.9. The number of piperazine rings is 1. The third kappa shape index (κ3) is 5.78. The van der Waals surface area contributed by atoms with Crippen LogP contribution in [-0.2, 0) is 13.6 Å². The van der Waals surface area contributed by atoms with Gasteiger partial charge in [0.25, 0.3) is 0 Å². The predicted molar refractivity (Wildman–Crippen MR) is 120 cm³/mol. The zero-order chi connectivity index (χ0) is 21.2. The number of rotatable bonds is 5. The molecule has 1 fully saturated rings. The number of anilines is 1. The zero-order valence-corrected chi connectivity index (χ0v) is 19.1. The van der Waals surface area contributed by atoms with Crippen molar-refractivity contribution in [3.63, 3.8) is 0 Å². The Bertz CT molecular complexity index is 952. The van der Waals surface area contributed by atoms with E-state index in [-0.39, 0.29) is 11.5 Å². The molecule has 0 unspecified atom stereocenters. The first kappa shape index (κ1) is 22.7. The molecule has 1 aliphatic heterocycles. The molecule has 5 nitrogen and oxygen atoms in total. The highest BCUT2D eigenvalue weighted by Crippen LogP contribution is 2.42. The fourth-order valence-corrected chi connectivity index (χ4v) is 4.35. The molecule has 1 heterocycles. The lowest BCUT2D eigenvalue weighted by Gasteiger charge is -2.36. The first-order valence-electron chi connectivity index (χ1n) is 9.19. The highest BCUT2D eigenvalue weighted by molar-refractivity contribution is 7.90. The van der Waals surface area contributed by atoms with Crippen LogP contribution in [0, 0.1) is 0 Å². The molecule has 0 radical (unpaired) electrons. The van der Waals surface area contributed by atoms with E-state index in [2.05, 4.69) is 9.80 Å². The monoisotopic (exact) mass is 476 g/mol. The summed E-state index contributed by atoms with van der Waals surface area (Å²) in [5.74, 6) is 0. The Balaban J connectivity index is 1.95. The van der Waals surface area contributed by atoms with Gasteiger partial charge in [-0.05, 0) is 41.5 Å². The SMILES string of the molecule is CS(=O)(=O)c1ccc(-c2cc(N3CCN(CCO)CC3)cc(C(Cl)(Cl)Cl)c2)cc1. The third-order valence-electron chi connectivity index (χ3n) is 5.01. The van der Waals surface area contributed by atoms with Gasteiger partial charge in [-0.1, -0.05) is 46.9 Å². The number of hydrogen-bond acceptors (Lipinski definition) is 5. The molecule has 1 saturated heterocycles. The van der Waals surface area contributed by atoms with Crippen LogP contribution in [0.4, 0.5) is 5.69 Å². The van der Waals surface area contributed by atoms with Crippen LogP contribution in [0.5, 0.6) is 0 Å².